The van der Waals surface area contributed by atoms with Gasteiger partial charge in [0.05, 0.1) is 42.8 Å². The molecule has 0 aliphatic carbocycles. The summed E-state index contributed by atoms with van der Waals surface area (Å²) in [6.07, 6.45) is 1.23. The van der Waals surface area contributed by atoms with Crippen LogP contribution in [0.1, 0.15) is 25.3 Å². The monoisotopic (exact) mass is 1420 g/mol. The maximum atomic E-state index is 12.8. The fourth-order valence-corrected chi connectivity index (χ4v) is 16.5. The van der Waals surface area contributed by atoms with E-state index in [0.29, 0.717) is 13.3 Å². The van der Waals surface area contributed by atoms with Crippen LogP contribution in [0.2, 0.25) is 0 Å². The Labute approximate surface area is 555 Å². The second-order valence-electron chi connectivity index (χ2n) is 19.4. The highest BCUT2D eigenvalue weighted by atomic mass is 32.2. The van der Waals surface area contributed by atoms with Gasteiger partial charge >= 0.3 is 0 Å². The van der Waals surface area contributed by atoms with Gasteiger partial charge in [-0.15, -0.1) is 0 Å². The molecule has 0 spiro atoms. The smallest absolute Gasteiger partial charge is 0.200 e. The fraction of sp³-hybridized carbons (Fsp3) is 0.0704. The zero-order valence-electron chi connectivity index (χ0n) is 50.1. The van der Waals surface area contributed by atoms with Crippen LogP contribution in [0.5, 0.6) is 0 Å². The molecule has 11 aromatic rings. The Morgan fingerprint density at radius 2 is 0.432 bits per heavy atom. The summed E-state index contributed by atoms with van der Waals surface area (Å²) in [5, 5.41) is 0. The van der Waals surface area contributed by atoms with Crippen LogP contribution in [0.3, 0.4) is 0 Å². The van der Waals surface area contributed by atoms with Gasteiger partial charge < -0.3 is 13.7 Å². The van der Waals surface area contributed by atoms with Crippen molar-refractivity contribution in [3.63, 3.8) is 0 Å². The summed E-state index contributed by atoms with van der Waals surface area (Å²) in [6, 6.07) is 96.5. The van der Waals surface area contributed by atoms with Crippen LogP contribution in [0.25, 0.3) is 0 Å². The Bertz CT molecular complexity index is 3820. The van der Waals surface area contributed by atoms with E-state index in [2.05, 4.69) is 273 Å². The van der Waals surface area contributed by atoms with Gasteiger partial charge in [0.1, 0.15) is 30.0 Å². The molecule has 0 aliphatic heterocycles. The molecule has 494 valence electrons. The molecule has 0 radical (unpaired) electrons. The predicted octanol–water partition coefficient (Wildman–Crippen LogP) is 17.4. The number of hydrogen-bond donors (Lipinski definition) is 0. The van der Waals surface area contributed by atoms with Crippen LogP contribution in [-0.2, 0) is 63.0 Å². The number of hydrogen-bond acceptors (Lipinski definition) is 9. The number of halogens is 9. The number of rotatable bonds is 14. The third-order valence-electron chi connectivity index (χ3n) is 12.7. The van der Waals surface area contributed by atoms with E-state index in [4.69, 9.17) is 0 Å². The van der Waals surface area contributed by atoms with Gasteiger partial charge in [0, 0.05) is 11.3 Å². The minimum atomic E-state index is -5.77. The molecule has 0 amide bonds. The average molecular weight is 1420 g/mol. The van der Waals surface area contributed by atoms with Crippen molar-refractivity contribution in [2.45, 2.75) is 80.5 Å². The van der Waals surface area contributed by atoms with Crippen LogP contribution >= 0.6 is 0 Å². The van der Waals surface area contributed by atoms with Crippen molar-refractivity contribution < 1.29 is 78.4 Å². The van der Waals surface area contributed by atoms with Gasteiger partial charge in [-0.2, -0.15) is 0 Å². The van der Waals surface area contributed by atoms with Crippen molar-refractivity contribution in [1.29, 1.82) is 0 Å². The first kappa shape index (κ1) is 75.6. The lowest BCUT2D eigenvalue weighted by Gasteiger charge is -2.12. The molecule has 0 aromatic heterocycles. The van der Waals surface area contributed by atoms with E-state index in [1.165, 1.54) is 44.1 Å². The molecule has 0 atom stereocenters. The van der Waals surface area contributed by atoms with Crippen molar-refractivity contribution in [3.8, 4) is 0 Å². The largest absolute Gasteiger partial charge is 0.748 e. The lowest BCUT2D eigenvalue weighted by molar-refractivity contribution is 0.350. The summed E-state index contributed by atoms with van der Waals surface area (Å²) >= 11 is 0. The molecule has 0 saturated carbocycles. The first-order valence-electron chi connectivity index (χ1n) is 28.1. The summed E-state index contributed by atoms with van der Waals surface area (Å²) in [5.41, 5.74) is -1.03. The van der Waals surface area contributed by atoms with Gasteiger partial charge in [-0.25, -0.2) is 64.8 Å². The molecule has 95 heavy (non-hydrogen) atoms. The van der Waals surface area contributed by atoms with Crippen LogP contribution in [0, 0.1) is 59.3 Å². The van der Waals surface area contributed by atoms with E-state index in [1.807, 2.05) is 6.92 Å². The standard InChI is InChI=1S/3C18H15S.C7H4F4O3S.C6HF5O3S.C4H10O3S/c3*1-4-10-16(11-5-1)19(17-12-6-2-7-13-17)18-14-8-3-9-15-18;1-2-3(8)5(10)7(15(12,13)14)6(11)4(2)9;7-1-2(8)4(10)6(15(12,13)14)5(11)3(1)9;1-2-3-4-8(5,6)7/h3*1-15H;1H3,(H,12,13,14);(H,12,13,14);2-4H2,1H3,(H,5,6,7)/q3*+1;;;/p-3. The highest BCUT2D eigenvalue weighted by Crippen LogP contribution is 2.34. The second-order valence-corrected chi connectivity index (χ2v) is 29.6. The average Bonchev–Trinajstić information content (AvgIpc) is 0.801. The Morgan fingerprint density at radius 3 is 0.568 bits per heavy atom. The molecule has 0 saturated heterocycles. The molecule has 0 heterocycles. The minimum absolute atomic E-state index is 0.0146. The van der Waals surface area contributed by atoms with Crippen LogP contribution in [0.15, 0.2) is 327 Å². The molecule has 0 N–H and O–H groups in total. The maximum Gasteiger partial charge on any atom is 0.200 e. The van der Waals surface area contributed by atoms with E-state index in [9.17, 15) is 78.4 Å². The van der Waals surface area contributed by atoms with E-state index in [0.717, 1.165) is 6.42 Å². The topological polar surface area (TPSA) is 172 Å². The summed E-state index contributed by atoms with van der Waals surface area (Å²) in [4.78, 5) is 7.74. The molecule has 11 rings (SSSR count). The quantitative estimate of drug-likeness (QED) is 0.0338. The van der Waals surface area contributed by atoms with Gasteiger partial charge in [-0.1, -0.05) is 177 Å². The molecule has 0 aliphatic rings. The first-order valence-corrected chi connectivity index (χ1v) is 36.2. The van der Waals surface area contributed by atoms with Gasteiger partial charge in [-0.05, 0) is 123 Å². The summed E-state index contributed by atoms with van der Waals surface area (Å²) in [7, 11) is -15.4. The molecule has 9 nitrogen and oxygen atoms in total. The third kappa shape index (κ3) is 22.1. The minimum Gasteiger partial charge on any atom is -0.748 e. The molecule has 11 aromatic carbocycles. The van der Waals surface area contributed by atoms with Crippen LogP contribution in [-0.4, -0.2) is 44.7 Å². The lowest BCUT2D eigenvalue weighted by Crippen LogP contribution is -2.12. The van der Waals surface area contributed by atoms with Crippen molar-refractivity contribution in [3.05, 3.63) is 331 Å². The molecular formula is C71H57F9O9S6. The molecule has 0 unspecified atom stereocenters. The van der Waals surface area contributed by atoms with Gasteiger partial charge in [0.25, 0.3) is 0 Å². The Hall–Kier alpha value is -8.43. The SMILES string of the molecule is CCCCS(=O)(=O)[O-].Cc1c(F)c(F)c(S(=O)(=O)[O-])c(F)c1F.O=S(=O)([O-])c1c(F)c(F)c(F)c(F)c1F.c1ccc([S+](c2ccccc2)c2ccccc2)cc1.c1ccc([S+](c2ccccc2)c2ccccc2)cc1.c1ccc([S+](c2ccccc2)c2ccccc2)cc1. The van der Waals surface area contributed by atoms with E-state index < -0.39 is 98.1 Å². The van der Waals surface area contributed by atoms with Crippen molar-refractivity contribution in [2.75, 3.05) is 5.75 Å². The highest BCUT2D eigenvalue weighted by molar-refractivity contribution is 7.97. The van der Waals surface area contributed by atoms with Crippen molar-refractivity contribution in [2.24, 2.45) is 0 Å². The zero-order chi connectivity index (χ0) is 69.3. The predicted molar refractivity (Wildman–Crippen MR) is 347 cm³/mol. The van der Waals surface area contributed by atoms with Gasteiger partial charge in [0.15, 0.2) is 90.6 Å². The highest BCUT2D eigenvalue weighted by Gasteiger charge is 2.32. The van der Waals surface area contributed by atoms with Crippen molar-refractivity contribution in [1.82, 2.24) is 0 Å². The Balaban J connectivity index is 0.000000183. The molecule has 0 bridgehead atoms. The summed E-state index contributed by atoms with van der Waals surface area (Å²) < 4.78 is 205. The van der Waals surface area contributed by atoms with E-state index in [-0.39, 0.29) is 38.4 Å². The summed E-state index contributed by atoms with van der Waals surface area (Å²) in [6.45, 7) is 2.54. The molecule has 24 heteroatoms. The van der Waals surface area contributed by atoms with E-state index >= 15 is 0 Å². The van der Waals surface area contributed by atoms with E-state index in [1.54, 1.807) is 0 Å². The third-order valence-corrected chi connectivity index (χ3v) is 21.9. The fourth-order valence-electron chi connectivity index (χ4n) is 8.30. The van der Waals surface area contributed by atoms with Gasteiger partial charge in [-0.3, -0.25) is 0 Å². The number of unbranched alkanes of at least 4 members (excludes halogenated alkanes) is 1. The second kappa shape index (κ2) is 36.5. The van der Waals surface area contributed by atoms with Crippen LogP contribution < -0.4 is 0 Å². The Kier molecular flexibility index (Phi) is 29.0. The Morgan fingerprint density at radius 1 is 0.274 bits per heavy atom. The normalized spacial score (nSPS) is 11.1. The lowest BCUT2D eigenvalue weighted by atomic mass is 10.2. The van der Waals surface area contributed by atoms with Crippen molar-refractivity contribution >= 4 is 63.0 Å². The van der Waals surface area contributed by atoms with Gasteiger partial charge in [0.2, 0.25) is 5.82 Å². The first-order chi connectivity index (χ1) is 45.3. The number of benzene rings is 11. The molecular weight excluding hydrogens is 1360 g/mol. The molecule has 0 fully saturated rings. The summed E-state index contributed by atoms with van der Waals surface area (Å²) in [5.74, 6) is -21.3. The zero-order valence-corrected chi connectivity index (χ0v) is 55.0. The maximum absolute atomic E-state index is 12.8. The van der Waals surface area contributed by atoms with Crippen LogP contribution in [0.4, 0.5) is 39.5 Å².